The first-order valence-electron chi connectivity index (χ1n) is 8.13. The summed E-state index contributed by atoms with van der Waals surface area (Å²) < 4.78 is 35.6. The van der Waals surface area contributed by atoms with E-state index in [0.29, 0.717) is 18.6 Å². The van der Waals surface area contributed by atoms with E-state index in [9.17, 15) is 13.5 Å². The number of ether oxygens (including phenoxy) is 1. The highest BCUT2D eigenvalue weighted by molar-refractivity contribution is 7.89. The van der Waals surface area contributed by atoms with E-state index in [-0.39, 0.29) is 16.9 Å². The molecule has 7 nitrogen and oxygen atoms in total. The number of methoxy groups -OCH3 is 1. The summed E-state index contributed by atoms with van der Waals surface area (Å²) in [7, 11) is -0.552. The molecule has 1 fully saturated rings. The maximum absolute atomic E-state index is 13.0. The number of aliphatic hydroxyl groups is 1. The van der Waals surface area contributed by atoms with Gasteiger partial charge in [0.1, 0.15) is 10.6 Å². The molecule has 2 N–H and O–H groups in total. The van der Waals surface area contributed by atoms with Crippen molar-refractivity contribution in [3.63, 3.8) is 0 Å². The Morgan fingerprint density at radius 1 is 1.40 bits per heavy atom. The minimum absolute atomic E-state index is 0.0328. The number of rotatable bonds is 6. The third-order valence-corrected chi connectivity index (χ3v) is 6.08. The smallest absolute Gasteiger partial charge is 0.244 e. The average Bonchev–Trinajstić information content (AvgIpc) is 2.96. The number of benzene rings is 1. The fraction of sp³-hybridized carbons (Fsp3) is 0.471. The Bertz CT molecular complexity index is 857. The Morgan fingerprint density at radius 3 is 2.68 bits per heavy atom. The Hall–Kier alpha value is -1.90. The highest BCUT2D eigenvalue weighted by Crippen LogP contribution is 2.39. The summed E-state index contributed by atoms with van der Waals surface area (Å²) in [5.74, 6) is 0.344. The van der Waals surface area contributed by atoms with E-state index in [0.717, 1.165) is 11.1 Å². The van der Waals surface area contributed by atoms with Gasteiger partial charge in [-0.1, -0.05) is 6.07 Å². The van der Waals surface area contributed by atoms with Gasteiger partial charge in [-0.15, -0.1) is 0 Å². The van der Waals surface area contributed by atoms with Gasteiger partial charge in [0.05, 0.1) is 25.5 Å². The third kappa shape index (κ3) is 3.70. The molecular weight excluding hydrogens is 342 g/mol. The second-order valence-corrected chi connectivity index (χ2v) is 8.27. The predicted octanol–water partition coefficient (Wildman–Crippen LogP) is 1.53. The summed E-state index contributed by atoms with van der Waals surface area (Å²) in [4.78, 5) is 0.106. The molecule has 3 rings (SSSR count). The molecule has 1 unspecified atom stereocenters. The quantitative estimate of drug-likeness (QED) is 0.810. The van der Waals surface area contributed by atoms with Crippen LogP contribution in [0, 0.1) is 12.8 Å². The van der Waals surface area contributed by atoms with Crippen molar-refractivity contribution in [2.24, 2.45) is 13.0 Å². The van der Waals surface area contributed by atoms with Crippen LogP contribution in [0.3, 0.4) is 0 Å². The van der Waals surface area contributed by atoms with Crippen LogP contribution in [-0.4, -0.2) is 36.5 Å². The monoisotopic (exact) mass is 365 g/mol. The Morgan fingerprint density at radius 2 is 2.12 bits per heavy atom. The minimum atomic E-state index is -3.79. The van der Waals surface area contributed by atoms with Crippen LogP contribution in [0.1, 0.15) is 30.0 Å². The van der Waals surface area contributed by atoms with Crippen molar-refractivity contribution in [1.29, 1.82) is 0 Å². The second-order valence-electron chi connectivity index (χ2n) is 6.59. The maximum Gasteiger partial charge on any atom is 0.244 e. The molecule has 1 aliphatic rings. The first-order valence-corrected chi connectivity index (χ1v) is 9.62. The largest absolute Gasteiger partial charge is 0.495 e. The van der Waals surface area contributed by atoms with Crippen LogP contribution < -0.4 is 9.46 Å². The fourth-order valence-corrected chi connectivity index (χ4v) is 4.61. The molecular formula is C17H23N3O4S. The summed E-state index contributed by atoms with van der Waals surface area (Å²) >= 11 is 0. The third-order valence-electron chi connectivity index (χ3n) is 4.60. The van der Waals surface area contributed by atoms with Crippen molar-refractivity contribution in [3.8, 4) is 5.75 Å². The van der Waals surface area contributed by atoms with Crippen molar-refractivity contribution in [1.82, 2.24) is 14.5 Å². The van der Waals surface area contributed by atoms with Crippen molar-refractivity contribution < 1.29 is 18.3 Å². The number of aromatic nitrogens is 2. The van der Waals surface area contributed by atoms with Crippen molar-refractivity contribution >= 4 is 10.0 Å². The average molecular weight is 365 g/mol. The molecule has 1 aromatic carbocycles. The molecule has 25 heavy (non-hydrogen) atoms. The molecule has 0 aliphatic heterocycles. The molecule has 1 aliphatic carbocycles. The molecule has 8 heteroatoms. The highest BCUT2D eigenvalue weighted by Gasteiger charge is 2.38. The lowest BCUT2D eigenvalue weighted by Gasteiger charge is -2.37. The first kappa shape index (κ1) is 17.9. The molecule has 0 bridgehead atoms. The number of aliphatic hydroxyl groups excluding tert-OH is 1. The van der Waals surface area contributed by atoms with E-state index in [2.05, 4.69) is 9.82 Å². The summed E-state index contributed by atoms with van der Waals surface area (Å²) in [5.41, 5.74) is 1.70. The normalized spacial score (nSPS) is 21.6. The Kier molecular flexibility index (Phi) is 4.86. The summed E-state index contributed by atoms with van der Waals surface area (Å²) in [6, 6.07) is 4.55. The van der Waals surface area contributed by atoms with Crippen LogP contribution in [0.5, 0.6) is 5.75 Å². The lowest BCUT2D eigenvalue weighted by Crippen LogP contribution is -2.41. The Balaban J connectivity index is 1.93. The topological polar surface area (TPSA) is 93.5 Å². The van der Waals surface area contributed by atoms with Gasteiger partial charge < -0.3 is 9.84 Å². The zero-order valence-electron chi connectivity index (χ0n) is 14.5. The van der Waals surface area contributed by atoms with Gasteiger partial charge >= 0.3 is 0 Å². The summed E-state index contributed by atoms with van der Waals surface area (Å²) in [5, 5.41) is 13.8. The second kappa shape index (κ2) is 6.78. The van der Waals surface area contributed by atoms with Gasteiger partial charge in [-0.2, -0.15) is 5.10 Å². The van der Waals surface area contributed by atoms with Gasteiger partial charge in [-0.25, -0.2) is 13.1 Å². The Labute approximate surface area is 147 Å². The van der Waals surface area contributed by atoms with E-state index in [1.807, 2.05) is 6.92 Å². The van der Waals surface area contributed by atoms with Crippen LogP contribution in [-0.2, 0) is 17.1 Å². The number of sulfonamides is 1. The highest BCUT2D eigenvalue weighted by atomic mass is 32.2. The van der Waals surface area contributed by atoms with E-state index in [1.54, 1.807) is 42.3 Å². The van der Waals surface area contributed by atoms with E-state index in [1.165, 1.54) is 7.11 Å². The lowest BCUT2D eigenvalue weighted by atomic mass is 9.76. The lowest BCUT2D eigenvalue weighted by molar-refractivity contribution is 0.0280. The SMILES string of the molecule is COc1cc(C)ccc1S(=O)(=O)NC(c1cnn(C)c1)C1CC(O)C1. The van der Waals surface area contributed by atoms with Gasteiger partial charge in [0.15, 0.2) is 0 Å². The summed E-state index contributed by atoms with van der Waals surface area (Å²) in [6.45, 7) is 1.88. The standard InChI is InChI=1S/C17H23N3O4S/c1-11-4-5-16(15(6-11)24-3)25(22,23)19-17(12-7-14(21)8-12)13-9-18-20(2)10-13/h4-6,9-10,12,14,17,19,21H,7-8H2,1-3H3. The van der Waals surface area contributed by atoms with Gasteiger partial charge in [0.2, 0.25) is 10.0 Å². The van der Waals surface area contributed by atoms with Crippen LogP contribution in [0.4, 0.5) is 0 Å². The number of nitrogens with one attached hydrogen (secondary N) is 1. The molecule has 136 valence electrons. The van der Waals surface area contributed by atoms with Crippen molar-refractivity contribution in [2.45, 2.75) is 36.8 Å². The van der Waals surface area contributed by atoms with E-state index < -0.39 is 16.1 Å². The van der Waals surface area contributed by atoms with Crippen LogP contribution in [0.2, 0.25) is 0 Å². The molecule has 0 amide bonds. The molecule has 2 aromatic rings. The van der Waals surface area contributed by atoms with Crippen LogP contribution in [0.25, 0.3) is 0 Å². The fourth-order valence-electron chi connectivity index (χ4n) is 3.17. The number of aryl methyl sites for hydroxylation is 2. The van der Waals surface area contributed by atoms with Gasteiger partial charge in [0.25, 0.3) is 0 Å². The number of nitrogens with zero attached hydrogens (tertiary/aromatic N) is 2. The van der Waals surface area contributed by atoms with Gasteiger partial charge in [-0.05, 0) is 43.4 Å². The number of hydrogen-bond acceptors (Lipinski definition) is 5. The van der Waals surface area contributed by atoms with E-state index >= 15 is 0 Å². The molecule has 1 saturated carbocycles. The maximum atomic E-state index is 13.0. The molecule has 1 aromatic heterocycles. The molecule has 0 radical (unpaired) electrons. The van der Waals surface area contributed by atoms with Gasteiger partial charge in [-0.3, -0.25) is 4.68 Å². The summed E-state index contributed by atoms with van der Waals surface area (Å²) in [6.07, 6.45) is 4.21. The molecule has 0 saturated heterocycles. The predicted molar refractivity (Wildman–Crippen MR) is 92.7 cm³/mol. The van der Waals surface area contributed by atoms with Crippen LogP contribution in [0.15, 0.2) is 35.5 Å². The van der Waals surface area contributed by atoms with Crippen molar-refractivity contribution in [3.05, 3.63) is 41.7 Å². The minimum Gasteiger partial charge on any atom is -0.495 e. The molecule has 0 spiro atoms. The zero-order valence-corrected chi connectivity index (χ0v) is 15.3. The van der Waals surface area contributed by atoms with Gasteiger partial charge in [0, 0.05) is 18.8 Å². The molecule has 1 atom stereocenters. The first-order chi connectivity index (χ1) is 11.8. The van der Waals surface area contributed by atoms with Crippen molar-refractivity contribution in [2.75, 3.05) is 7.11 Å². The number of hydrogen-bond donors (Lipinski definition) is 2. The van der Waals surface area contributed by atoms with Crippen LogP contribution >= 0.6 is 0 Å². The zero-order chi connectivity index (χ0) is 18.2. The van der Waals surface area contributed by atoms with E-state index in [4.69, 9.17) is 4.74 Å². The molecule has 1 heterocycles.